The third kappa shape index (κ3) is 4.59. The minimum absolute atomic E-state index is 0.0130. The number of aliphatic hydroxyl groups excluding tert-OH is 1. The van der Waals surface area contributed by atoms with Crippen molar-refractivity contribution in [3.63, 3.8) is 0 Å². The van der Waals surface area contributed by atoms with E-state index in [1.54, 1.807) is 13.8 Å². The van der Waals surface area contributed by atoms with Crippen LogP contribution in [-0.4, -0.2) is 31.4 Å². The Morgan fingerprint density at radius 2 is 1.92 bits per heavy atom. The molecule has 0 aliphatic carbocycles. The van der Waals surface area contributed by atoms with Crippen LogP contribution in [-0.2, 0) is 10.0 Å². The van der Waals surface area contributed by atoms with Gasteiger partial charge in [0.25, 0.3) is 0 Å². The lowest BCUT2D eigenvalue weighted by Crippen LogP contribution is -2.39. The number of hydrogen-bond acceptors (Lipinski definition) is 3. The van der Waals surface area contributed by atoms with Crippen LogP contribution in [0.15, 0.2) is 0 Å². The summed E-state index contributed by atoms with van der Waals surface area (Å²) >= 11 is 0. The molecule has 5 heteroatoms. The van der Waals surface area contributed by atoms with E-state index in [2.05, 4.69) is 4.72 Å². The molecule has 0 aromatic rings. The summed E-state index contributed by atoms with van der Waals surface area (Å²) < 4.78 is 25.3. The highest BCUT2D eigenvalue weighted by molar-refractivity contribution is 7.90. The minimum Gasteiger partial charge on any atom is -0.396 e. The zero-order valence-electron chi connectivity index (χ0n) is 8.45. The molecule has 0 saturated heterocycles. The van der Waals surface area contributed by atoms with E-state index in [-0.39, 0.29) is 12.6 Å². The van der Waals surface area contributed by atoms with E-state index in [0.29, 0.717) is 12.8 Å². The van der Waals surface area contributed by atoms with Crippen LogP contribution < -0.4 is 4.72 Å². The molecule has 0 fully saturated rings. The van der Waals surface area contributed by atoms with E-state index in [9.17, 15) is 8.42 Å². The molecule has 0 amide bonds. The molecule has 0 aliphatic rings. The van der Waals surface area contributed by atoms with Crippen LogP contribution >= 0.6 is 0 Å². The Morgan fingerprint density at radius 1 is 1.38 bits per heavy atom. The highest BCUT2D eigenvalue weighted by Gasteiger charge is 2.19. The lowest BCUT2D eigenvalue weighted by molar-refractivity contribution is 0.270. The Labute approximate surface area is 80.4 Å². The maximum absolute atomic E-state index is 11.4. The molecule has 0 aromatic heterocycles. The molecule has 0 aliphatic heterocycles. The maximum atomic E-state index is 11.4. The van der Waals surface area contributed by atoms with Gasteiger partial charge in [0.15, 0.2) is 0 Å². The van der Waals surface area contributed by atoms with E-state index in [1.165, 1.54) is 0 Å². The average molecular weight is 209 g/mol. The molecule has 0 rings (SSSR count). The van der Waals surface area contributed by atoms with E-state index in [0.717, 1.165) is 0 Å². The molecule has 80 valence electrons. The van der Waals surface area contributed by atoms with Crippen molar-refractivity contribution in [1.82, 2.24) is 4.72 Å². The molecule has 4 nitrogen and oxygen atoms in total. The van der Waals surface area contributed by atoms with E-state index in [4.69, 9.17) is 5.11 Å². The standard InChI is InChI=1S/C8H19NO3S/c1-4-8(5-6-10)9-13(11,12)7(2)3/h7-10H,4-6H2,1-3H3. The molecule has 0 radical (unpaired) electrons. The molecule has 0 saturated carbocycles. The summed E-state index contributed by atoms with van der Waals surface area (Å²) in [5, 5.41) is 8.25. The Morgan fingerprint density at radius 3 is 2.23 bits per heavy atom. The Bertz CT molecular complexity index is 224. The Balaban J connectivity index is 4.23. The van der Waals surface area contributed by atoms with E-state index < -0.39 is 15.3 Å². The number of rotatable bonds is 6. The zero-order valence-corrected chi connectivity index (χ0v) is 9.26. The number of hydrogen-bond donors (Lipinski definition) is 2. The summed E-state index contributed by atoms with van der Waals surface area (Å²) in [5.74, 6) is 0. The van der Waals surface area contributed by atoms with Gasteiger partial charge in [0.2, 0.25) is 10.0 Å². The van der Waals surface area contributed by atoms with Crippen LogP contribution in [0.2, 0.25) is 0 Å². The molecule has 13 heavy (non-hydrogen) atoms. The van der Waals surface area contributed by atoms with Crippen LogP contribution in [0.3, 0.4) is 0 Å². The number of aliphatic hydroxyl groups is 1. The fraction of sp³-hybridized carbons (Fsp3) is 1.00. The molecule has 0 heterocycles. The van der Waals surface area contributed by atoms with Crippen LogP contribution in [0.1, 0.15) is 33.6 Å². The summed E-state index contributed by atoms with van der Waals surface area (Å²) in [7, 11) is -3.19. The summed E-state index contributed by atoms with van der Waals surface area (Å²) in [5.41, 5.74) is 0. The molecule has 0 spiro atoms. The first-order valence-electron chi connectivity index (χ1n) is 4.56. The van der Waals surface area contributed by atoms with Crippen molar-refractivity contribution in [3.05, 3.63) is 0 Å². The SMILES string of the molecule is CCC(CCO)NS(=O)(=O)C(C)C. The van der Waals surface area contributed by atoms with Gasteiger partial charge in [-0.15, -0.1) is 0 Å². The van der Waals surface area contributed by atoms with Crippen LogP contribution in [0.5, 0.6) is 0 Å². The second-order valence-corrected chi connectivity index (χ2v) is 5.60. The van der Waals surface area contributed by atoms with Crippen LogP contribution in [0.4, 0.5) is 0 Å². The molecule has 0 aromatic carbocycles. The summed E-state index contributed by atoms with van der Waals surface area (Å²) in [6, 6.07) is -0.141. The van der Waals surface area contributed by atoms with Crippen molar-refractivity contribution < 1.29 is 13.5 Å². The first kappa shape index (κ1) is 12.9. The fourth-order valence-corrected chi connectivity index (χ4v) is 1.89. The molecular weight excluding hydrogens is 190 g/mol. The van der Waals surface area contributed by atoms with Gasteiger partial charge in [-0.2, -0.15) is 0 Å². The quantitative estimate of drug-likeness (QED) is 0.668. The van der Waals surface area contributed by atoms with Gasteiger partial charge in [-0.1, -0.05) is 6.92 Å². The van der Waals surface area contributed by atoms with Crippen molar-refractivity contribution in [2.45, 2.75) is 44.9 Å². The first-order valence-corrected chi connectivity index (χ1v) is 6.10. The molecule has 2 N–H and O–H groups in total. The third-order valence-corrected chi connectivity index (χ3v) is 3.82. The number of sulfonamides is 1. The van der Waals surface area contributed by atoms with Crippen molar-refractivity contribution in [3.8, 4) is 0 Å². The second-order valence-electron chi connectivity index (χ2n) is 3.33. The highest BCUT2D eigenvalue weighted by atomic mass is 32.2. The lowest BCUT2D eigenvalue weighted by atomic mass is 10.2. The van der Waals surface area contributed by atoms with Crippen molar-refractivity contribution in [2.75, 3.05) is 6.61 Å². The van der Waals surface area contributed by atoms with E-state index in [1.807, 2.05) is 6.92 Å². The molecule has 0 bridgehead atoms. The minimum atomic E-state index is -3.19. The average Bonchev–Trinajstić information content (AvgIpc) is 2.03. The van der Waals surface area contributed by atoms with Gasteiger partial charge in [-0.3, -0.25) is 0 Å². The Hall–Kier alpha value is -0.130. The molecule has 1 atom stereocenters. The van der Waals surface area contributed by atoms with Crippen molar-refractivity contribution in [1.29, 1.82) is 0 Å². The van der Waals surface area contributed by atoms with Crippen LogP contribution in [0, 0.1) is 0 Å². The predicted octanol–water partition coefficient (Wildman–Crippen LogP) is 0.475. The smallest absolute Gasteiger partial charge is 0.214 e. The maximum Gasteiger partial charge on any atom is 0.214 e. The Kier molecular flexibility index (Phi) is 5.51. The van der Waals surface area contributed by atoms with Gasteiger partial charge in [-0.25, -0.2) is 13.1 Å². The van der Waals surface area contributed by atoms with Gasteiger partial charge in [0.05, 0.1) is 5.25 Å². The summed E-state index contributed by atoms with van der Waals surface area (Å²) in [4.78, 5) is 0. The first-order chi connectivity index (χ1) is 5.94. The van der Waals surface area contributed by atoms with Crippen molar-refractivity contribution >= 4 is 10.0 Å². The predicted molar refractivity (Wildman–Crippen MR) is 53.0 cm³/mol. The largest absolute Gasteiger partial charge is 0.396 e. The monoisotopic (exact) mass is 209 g/mol. The fourth-order valence-electron chi connectivity index (χ4n) is 0.871. The van der Waals surface area contributed by atoms with Gasteiger partial charge in [0.1, 0.15) is 0 Å². The van der Waals surface area contributed by atoms with Crippen LogP contribution in [0.25, 0.3) is 0 Å². The second kappa shape index (κ2) is 5.57. The zero-order chi connectivity index (χ0) is 10.5. The van der Waals surface area contributed by atoms with Gasteiger partial charge in [0, 0.05) is 12.6 Å². The summed E-state index contributed by atoms with van der Waals surface area (Å²) in [6.07, 6.45) is 1.18. The lowest BCUT2D eigenvalue weighted by Gasteiger charge is -2.17. The summed E-state index contributed by atoms with van der Waals surface area (Å²) in [6.45, 7) is 5.17. The van der Waals surface area contributed by atoms with Crippen molar-refractivity contribution in [2.24, 2.45) is 0 Å². The molecule has 1 unspecified atom stereocenters. The van der Waals surface area contributed by atoms with Gasteiger partial charge < -0.3 is 5.11 Å². The highest BCUT2D eigenvalue weighted by Crippen LogP contribution is 2.03. The van der Waals surface area contributed by atoms with Gasteiger partial charge in [-0.05, 0) is 26.7 Å². The normalized spacial score (nSPS) is 14.8. The molecular formula is C8H19NO3S. The third-order valence-electron chi connectivity index (χ3n) is 1.92. The topological polar surface area (TPSA) is 66.4 Å². The van der Waals surface area contributed by atoms with Gasteiger partial charge >= 0.3 is 0 Å². The van der Waals surface area contributed by atoms with E-state index >= 15 is 0 Å². The number of nitrogens with one attached hydrogen (secondary N) is 1.